The Kier molecular flexibility index (Phi) is 2.48. The minimum atomic E-state index is 0.0942. The number of hydrogen-bond donors (Lipinski definition) is 2. The van der Waals surface area contributed by atoms with Crippen LogP contribution in [-0.4, -0.2) is 17.1 Å². The first-order valence-electron chi connectivity index (χ1n) is 3.08. The molecule has 58 valence electrons. The Labute approximate surface area is 69.5 Å². The molecular formula is C7H9N3S. The number of amidine groups is 1. The van der Waals surface area contributed by atoms with E-state index in [1.54, 1.807) is 30.2 Å². The Balaban J connectivity index is 3.12. The van der Waals surface area contributed by atoms with Crippen LogP contribution in [-0.2, 0) is 0 Å². The molecule has 0 fully saturated rings. The predicted molar refractivity (Wildman–Crippen MR) is 47.0 cm³/mol. The van der Waals surface area contributed by atoms with Crippen LogP contribution in [0.25, 0.3) is 0 Å². The van der Waals surface area contributed by atoms with Crippen molar-refractivity contribution in [3.8, 4) is 0 Å². The van der Waals surface area contributed by atoms with Gasteiger partial charge in [-0.2, -0.15) is 0 Å². The molecule has 0 atom stereocenters. The summed E-state index contributed by atoms with van der Waals surface area (Å²) in [6.07, 6.45) is 5.28. The molecule has 0 saturated carbocycles. The van der Waals surface area contributed by atoms with Crippen molar-refractivity contribution < 1.29 is 0 Å². The number of aromatic nitrogens is 1. The Hall–Kier alpha value is -1.03. The summed E-state index contributed by atoms with van der Waals surface area (Å²) in [5.41, 5.74) is 6.09. The van der Waals surface area contributed by atoms with E-state index in [-0.39, 0.29) is 5.84 Å². The topological polar surface area (TPSA) is 62.8 Å². The second-order valence-electron chi connectivity index (χ2n) is 1.99. The highest BCUT2D eigenvalue weighted by molar-refractivity contribution is 7.98. The molecule has 3 N–H and O–H groups in total. The molecule has 0 bridgehead atoms. The average Bonchev–Trinajstić information content (AvgIpc) is 2.04. The number of nitrogens with two attached hydrogens (primary N) is 1. The van der Waals surface area contributed by atoms with Gasteiger partial charge in [0.1, 0.15) is 5.84 Å². The lowest BCUT2D eigenvalue weighted by Gasteiger charge is -2.02. The van der Waals surface area contributed by atoms with E-state index in [1.807, 2.05) is 6.26 Å². The molecule has 0 spiro atoms. The minimum absolute atomic E-state index is 0.0942. The number of nitrogen functional groups attached to an aromatic ring is 1. The lowest BCUT2D eigenvalue weighted by molar-refractivity contribution is 1.21. The highest BCUT2D eigenvalue weighted by Crippen LogP contribution is 2.17. The van der Waals surface area contributed by atoms with E-state index in [4.69, 9.17) is 11.1 Å². The largest absolute Gasteiger partial charge is 0.384 e. The van der Waals surface area contributed by atoms with Crippen molar-refractivity contribution in [2.24, 2.45) is 5.73 Å². The van der Waals surface area contributed by atoms with Gasteiger partial charge in [0.2, 0.25) is 0 Å². The summed E-state index contributed by atoms with van der Waals surface area (Å²) in [6, 6.07) is 1.74. The maximum Gasteiger partial charge on any atom is 0.124 e. The molecule has 1 aromatic rings. The standard InChI is InChI=1S/C7H9N3S/c1-11-6-4-10-3-2-5(6)7(8)9/h2-4H,1H3,(H3,8,9). The SMILES string of the molecule is CSc1cnccc1C(=N)N. The lowest BCUT2D eigenvalue weighted by atomic mass is 10.2. The molecule has 0 aliphatic carbocycles. The van der Waals surface area contributed by atoms with Gasteiger partial charge in [-0.05, 0) is 12.3 Å². The van der Waals surface area contributed by atoms with Crippen molar-refractivity contribution in [3.63, 3.8) is 0 Å². The van der Waals surface area contributed by atoms with Gasteiger partial charge in [0, 0.05) is 22.9 Å². The van der Waals surface area contributed by atoms with Crippen LogP contribution in [0, 0.1) is 5.41 Å². The van der Waals surface area contributed by atoms with Gasteiger partial charge in [-0.3, -0.25) is 10.4 Å². The van der Waals surface area contributed by atoms with Crippen LogP contribution in [0.2, 0.25) is 0 Å². The van der Waals surface area contributed by atoms with Gasteiger partial charge in [-0.25, -0.2) is 0 Å². The molecule has 0 unspecified atom stereocenters. The number of thioether (sulfide) groups is 1. The molecule has 0 aromatic carbocycles. The van der Waals surface area contributed by atoms with Crippen molar-refractivity contribution >= 4 is 17.6 Å². The van der Waals surface area contributed by atoms with Gasteiger partial charge in [0.15, 0.2) is 0 Å². The molecule has 0 saturated heterocycles. The summed E-state index contributed by atoms with van der Waals surface area (Å²) >= 11 is 1.54. The molecule has 0 radical (unpaired) electrons. The Bertz CT molecular complexity index is 272. The monoisotopic (exact) mass is 167 g/mol. The molecule has 1 aromatic heterocycles. The lowest BCUT2D eigenvalue weighted by Crippen LogP contribution is -2.12. The van der Waals surface area contributed by atoms with Crippen molar-refractivity contribution in [3.05, 3.63) is 24.0 Å². The van der Waals surface area contributed by atoms with Gasteiger partial charge >= 0.3 is 0 Å². The summed E-state index contributed by atoms with van der Waals surface area (Å²) in [5.74, 6) is 0.0942. The second-order valence-corrected chi connectivity index (χ2v) is 2.84. The third kappa shape index (κ3) is 1.71. The maximum atomic E-state index is 7.22. The molecule has 11 heavy (non-hydrogen) atoms. The van der Waals surface area contributed by atoms with Crippen LogP contribution in [0.15, 0.2) is 23.4 Å². The minimum Gasteiger partial charge on any atom is -0.384 e. The zero-order chi connectivity index (χ0) is 8.27. The van der Waals surface area contributed by atoms with Gasteiger partial charge in [-0.1, -0.05) is 0 Å². The van der Waals surface area contributed by atoms with Crippen LogP contribution in [0.5, 0.6) is 0 Å². The third-order valence-electron chi connectivity index (χ3n) is 1.29. The molecule has 4 heteroatoms. The van der Waals surface area contributed by atoms with Gasteiger partial charge in [0.05, 0.1) is 0 Å². The molecular weight excluding hydrogens is 158 g/mol. The molecule has 0 aliphatic rings. The first kappa shape index (κ1) is 8.07. The van der Waals surface area contributed by atoms with Crippen molar-refractivity contribution in [1.29, 1.82) is 5.41 Å². The Morgan fingerprint density at radius 1 is 1.73 bits per heavy atom. The number of hydrogen-bond acceptors (Lipinski definition) is 3. The zero-order valence-corrected chi connectivity index (χ0v) is 6.98. The summed E-state index contributed by atoms with van der Waals surface area (Å²) in [7, 11) is 0. The summed E-state index contributed by atoms with van der Waals surface area (Å²) in [5, 5.41) is 7.22. The molecule has 3 nitrogen and oxygen atoms in total. The van der Waals surface area contributed by atoms with Crippen LogP contribution in [0.3, 0.4) is 0 Å². The van der Waals surface area contributed by atoms with Crippen LogP contribution in [0.1, 0.15) is 5.56 Å². The summed E-state index contributed by atoms with van der Waals surface area (Å²) in [4.78, 5) is 4.87. The van der Waals surface area contributed by atoms with E-state index in [2.05, 4.69) is 4.98 Å². The second kappa shape index (κ2) is 3.39. The van der Waals surface area contributed by atoms with Crippen molar-refractivity contribution in [2.75, 3.05) is 6.26 Å². The van der Waals surface area contributed by atoms with Crippen LogP contribution in [0.4, 0.5) is 0 Å². The van der Waals surface area contributed by atoms with Gasteiger partial charge in [-0.15, -0.1) is 11.8 Å². The fourth-order valence-corrected chi connectivity index (χ4v) is 1.33. The van der Waals surface area contributed by atoms with Crippen LogP contribution >= 0.6 is 11.8 Å². The van der Waals surface area contributed by atoms with E-state index in [9.17, 15) is 0 Å². The molecule has 0 aliphatic heterocycles. The Morgan fingerprint density at radius 2 is 2.45 bits per heavy atom. The summed E-state index contributed by atoms with van der Waals surface area (Å²) < 4.78 is 0. The Morgan fingerprint density at radius 3 is 2.91 bits per heavy atom. The van der Waals surface area contributed by atoms with Crippen LogP contribution < -0.4 is 5.73 Å². The number of nitrogens with one attached hydrogen (secondary N) is 1. The fourth-order valence-electron chi connectivity index (χ4n) is 0.765. The van der Waals surface area contributed by atoms with Crippen molar-refractivity contribution in [1.82, 2.24) is 4.98 Å². The first-order valence-corrected chi connectivity index (χ1v) is 4.30. The smallest absolute Gasteiger partial charge is 0.124 e. The molecule has 1 heterocycles. The predicted octanol–water partition coefficient (Wildman–Crippen LogP) is 1.09. The number of nitrogens with zero attached hydrogens (tertiary/aromatic N) is 1. The van der Waals surface area contributed by atoms with E-state index < -0.39 is 0 Å². The maximum absolute atomic E-state index is 7.22. The van der Waals surface area contributed by atoms with E-state index in [0.717, 1.165) is 10.5 Å². The molecule has 0 amide bonds. The first-order chi connectivity index (χ1) is 5.25. The van der Waals surface area contributed by atoms with Gasteiger partial charge < -0.3 is 5.73 Å². The fraction of sp³-hybridized carbons (Fsp3) is 0.143. The molecule has 1 rings (SSSR count). The highest BCUT2D eigenvalue weighted by Gasteiger charge is 2.01. The zero-order valence-electron chi connectivity index (χ0n) is 6.16. The normalized spacial score (nSPS) is 9.55. The highest BCUT2D eigenvalue weighted by atomic mass is 32.2. The van der Waals surface area contributed by atoms with E-state index in [0.29, 0.717) is 0 Å². The van der Waals surface area contributed by atoms with Gasteiger partial charge in [0.25, 0.3) is 0 Å². The quantitative estimate of drug-likeness (QED) is 0.393. The van der Waals surface area contributed by atoms with E-state index in [1.165, 1.54) is 0 Å². The van der Waals surface area contributed by atoms with E-state index >= 15 is 0 Å². The average molecular weight is 167 g/mol. The number of pyridine rings is 1. The third-order valence-corrected chi connectivity index (χ3v) is 2.06. The van der Waals surface area contributed by atoms with Crippen molar-refractivity contribution in [2.45, 2.75) is 4.90 Å². The number of rotatable bonds is 2. The summed E-state index contributed by atoms with van der Waals surface area (Å²) in [6.45, 7) is 0.